The van der Waals surface area contributed by atoms with Gasteiger partial charge in [-0.25, -0.2) is 0 Å². The molecule has 0 aromatic heterocycles. The molecule has 0 saturated carbocycles. The molecule has 0 aliphatic rings. The minimum atomic E-state index is 0. The van der Waals surface area contributed by atoms with Crippen LogP contribution in [0.1, 0.15) is 6.92 Å². The van der Waals surface area contributed by atoms with Gasteiger partial charge in [-0.15, -0.1) is 24.8 Å². The van der Waals surface area contributed by atoms with E-state index in [1.165, 1.54) is 13.1 Å². The van der Waals surface area contributed by atoms with Crippen molar-refractivity contribution in [2.75, 3.05) is 41.3 Å². The summed E-state index contributed by atoms with van der Waals surface area (Å²) in [6, 6.07) is 0. The summed E-state index contributed by atoms with van der Waals surface area (Å²) in [7, 11) is 8.47. The monoisotopic (exact) mass is 216 g/mol. The highest BCUT2D eigenvalue weighted by Gasteiger charge is 2.03. The predicted octanol–water partition coefficient (Wildman–Crippen LogP) is 1.59. The van der Waals surface area contributed by atoms with E-state index in [0.717, 1.165) is 5.92 Å². The van der Waals surface area contributed by atoms with Crippen molar-refractivity contribution >= 4 is 24.8 Å². The van der Waals surface area contributed by atoms with Gasteiger partial charge in [0, 0.05) is 13.1 Å². The smallest absolute Gasteiger partial charge is 0.00131 e. The number of rotatable bonds is 4. The van der Waals surface area contributed by atoms with Crippen molar-refractivity contribution in [2.45, 2.75) is 6.92 Å². The molecule has 78 valence electrons. The Labute approximate surface area is 89.1 Å². The summed E-state index contributed by atoms with van der Waals surface area (Å²) in [5, 5.41) is 0. The second kappa shape index (κ2) is 9.59. The van der Waals surface area contributed by atoms with E-state index in [1.807, 2.05) is 0 Å². The highest BCUT2D eigenvalue weighted by molar-refractivity contribution is 5.85. The lowest BCUT2D eigenvalue weighted by molar-refractivity contribution is 0.273. The fraction of sp³-hybridized carbons (Fsp3) is 1.00. The summed E-state index contributed by atoms with van der Waals surface area (Å²) in [6.45, 7) is 4.64. The maximum Gasteiger partial charge on any atom is 0.00131 e. The zero-order valence-corrected chi connectivity index (χ0v) is 10.3. The molecule has 0 heterocycles. The van der Waals surface area contributed by atoms with Gasteiger partial charge in [-0.05, 0) is 34.1 Å². The lowest BCUT2D eigenvalue weighted by Gasteiger charge is -2.20. The first-order valence-electron chi connectivity index (χ1n) is 3.82. The lowest BCUT2D eigenvalue weighted by Crippen LogP contribution is -2.28. The Morgan fingerprint density at radius 1 is 0.833 bits per heavy atom. The van der Waals surface area contributed by atoms with Crippen molar-refractivity contribution in [3.8, 4) is 0 Å². The van der Waals surface area contributed by atoms with Gasteiger partial charge in [0.05, 0.1) is 0 Å². The summed E-state index contributed by atoms with van der Waals surface area (Å²) >= 11 is 0. The molecule has 0 fully saturated rings. The van der Waals surface area contributed by atoms with E-state index in [0.29, 0.717) is 0 Å². The van der Waals surface area contributed by atoms with Crippen molar-refractivity contribution in [3.05, 3.63) is 0 Å². The van der Waals surface area contributed by atoms with Gasteiger partial charge in [0.15, 0.2) is 0 Å². The van der Waals surface area contributed by atoms with Crippen molar-refractivity contribution in [1.82, 2.24) is 9.80 Å². The van der Waals surface area contributed by atoms with E-state index in [4.69, 9.17) is 0 Å². The average Bonchev–Trinajstić information content (AvgIpc) is 1.58. The molecule has 0 spiro atoms. The normalized spacial score (nSPS) is 10.0. The first-order chi connectivity index (χ1) is 4.52. The summed E-state index contributed by atoms with van der Waals surface area (Å²) in [4.78, 5) is 4.46. The number of halogens is 2. The fourth-order valence-corrected chi connectivity index (χ4v) is 1.30. The van der Waals surface area contributed by atoms with Crippen LogP contribution in [0.15, 0.2) is 0 Å². The molecule has 0 atom stereocenters. The highest BCUT2D eigenvalue weighted by atomic mass is 35.5. The third-order valence-electron chi connectivity index (χ3n) is 1.35. The van der Waals surface area contributed by atoms with E-state index in [9.17, 15) is 0 Å². The maximum atomic E-state index is 2.28. The van der Waals surface area contributed by atoms with Gasteiger partial charge < -0.3 is 9.80 Å². The van der Waals surface area contributed by atoms with Crippen LogP contribution in [0.4, 0.5) is 0 Å². The molecule has 0 bridgehead atoms. The van der Waals surface area contributed by atoms with E-state index in [-0.39, 0.29) is 24.8 Å². The minimum absolute atomic E-state index is 0. The Morgan fingerprint density at radius 2 is 1.08 bits per heavy atom. The molecule has 0 rings (SSSR count). The van der Waals surface area contributed by atoms with Crippen molar-refractivity contribution in [3.63, 3.8) is 0 Å². The standard InChI is InChI=1S/C8H20N2.2ClH/c1-8(6-9(2)3)7-10(4)5;;/h8H,6-7H2,1-5H3;2*1H. The molecule has 0 unspecified atom stereocenters. The molecule has 12 heavy (non-hydrogen) atoms. The van der Waals surface area contributed by atoms with Crippen LogP contribution in [0.5, 0.6) is 0 Å². The molecule has 0 N–H and O–H groups in total. The lowest BCUT2D eigenvalue weighted by atomic mass is 10.1. The zero-order valence-electron chi connectivity index (χ0n) is 8.70. The summed E-state index contributed by atoms with van der Waals surface area (Å²) in [5.74, 6) is 0.769. The minimum Gasteiger partial charge on any atom is -0.309 e. The van der Waals surface area contributed by atoms with E-state index >= 15 is 0 Å². The van der Waals surface area contributed by atoms with Gasteiger partial charge >= 0.3 is 0 Å². The average molecular weight is 217 g/mol. The Kier molecular flexibility index (Phi) is 14.6. The largest absolute Gasteiger partial charge is 0.309 e. The SMILES string of the molecule is CC(CN(C)C)CN(C)C.Cl.Cl. The summed E-state index contributed by atoms with van der Waals surface area (Å²) in [5.41, 5.74) is 0. The van der Waals surface area contributed by atoms with Gasteiger partial charge in [0.2, 0.25) is 0 Å². The van der Waals surface area contributed by atoms with Gasteiger partial charge in [-0.2, -0.15) is 0 Å². The molecular weight excluding hydrogens is 195 g/mol. The first kappa shape index (κ1) is 18.3. The molecule has 0 aromatic rings. The molecule has 0 amide bonds. The molecule has 0 aromatic carbocycles. The van der Waals surface area contributed by atoms with Gasteiger partial charge in [-0.3, -0.25) is 0 Å². The maximum absolute atomic E-state index is 2.28. The van der Waals surface area contributed by atoms with Crippen LogP contribution in [0.3, 0.4) is 0 Å². The quantitative estimate of drug-likeness (QED) is 0.705. The summed E-state index contributed by atoms with van der Waals surface area (Å²) < 4.78 is 0. The molecule has 4 heteroatoms. The Morgan fingerprint density at radius 3 is 1.25 bits per heavy atom. The second-order valence-electron chi connectivity index (χ2n) is 3.63. The molecule has 0 radical (unpaired) electrons. The number of nitrogens with zero attached hydrogens (tertiary/aromatic N) is 2. The third kappa shape index (κ3) is 13.1. The van der Waals surface area contributed by atoms with Gasteiger partial charge in [0.25, 0.3) is 0 Å². The predicted molar refractivity (Wildman–Crippen MR) is 60.8 cm³/mol. The third-order valence-corrected chi connectivity index (χ3v) is 1.35. The van der Waals surface area contributed by atoms with Crippen LogP contribution in [0, 0.1) is 5.92 Å². The Bertz CT molecular complexity index is 77.1. The zero-order chi connectivity index (χ0) is 8.15. The van der Waals surface area contributed by atoms with Gasteiger partial charge in [-0.1, -0.05) is 6.92 Å². The molecule has 0 saturated heterocycles. The number of hydrogen-bond donors (Lipinski definition) is 0. The van der Waals surface area contributed by atoms with Crippen molar-refractivity contribution in [2.24, 2.45) is 5.92 Å². The summed E-state index contributed by atoms with van der Waals surface area (Å²) in [6.07, 6.45) is 0. The van der Waals surface area contributed by atoms with Gasteiger partial charge in [0.1, 0.15) is 0 Å². The van der Waals surface area contributed by atoms with Crippen LogP contribution in [0.25, 0.3) is 0 Å². The van der Waals surface area contributed by atoms with E-state index < -0.39 is 0 Å². The van der Waals surface area contributed by atoms with Crippen LogP contribution in [-0.4, -0.2) is 51.1 Å². The topological polar surface area (TPSA) is 6.48 Å². The van der Waals surface area contributed by atoms with Crippen LogP contribution >= 0.6 is 24.8 Å². The number of hydrogen-bond acceptors (Lipinski definition) is 2. The fourth-order valence-electron chi connectivity index (χ4n) is 1.30. The van der Waals surface area contributed by atoms with Crippen molar-refractivity contribution in [1.29, 1.82) is 0 Å². The van der Waals surface area contributed by atoms with Crippen LogP contribution < -0.4 is 0 Å². The molecular formula is C8H22Cl2N2. The Balaban J connectivity index is -0.000000405. The molecule has 0 aliphatic carbocycles. The second-order valence-corrected chi connectivity index (χ2v) is 3.63. The highest BCUT2D eigenvalue weighted by Crippen LogP contribution is 1.96. The Hall–Kier alpha value is 0.500. The van der Waals surface area contributed by atoms with Crippen LogP contribution in [0.2, 0.25) is 0 Å². The first-order valence-corrected chi connectivity index (χ1v) is 3.82. The molecule has 2 nitrogen and oxygen atoms in total. The van der Waals surface area contributed by atoms with Crippen molar-refractivity contribution < 1.29 is 0 Å². The van der Waals surface area contributed by atoms with Crippen LogP contribution in [-0.2, 0) is 0 Å². The van der Waals surface area contributed by atoms with E-state index in [1.54, 1.807) is 0 Å². The van der Waals surface area contributed by atoms with E-state index in [2.05, 4.69) is 44.9 Å². The molecule has 0 aliphatic heterocycles.